The van der Waals surface area contributed by atoms with Crippen LogP contribution >= 0.6 is 15.9 Å². The number of anilines is 1. The van der Waals surface area contributed by atoms with E-state index in [0.29, 0.717) is 5.92 Å². The average molecular weight is 301 g/mol. The zero-order chi connectivity index (χ0) is 12.3. The molecule has 1 fully saturated rings. The number of rotatable bonds is 4. The maximum Gasteiger partial charge on any atom is 0.134 e. The van der Waals surface area contributed by atoms with Crippen LogP contribution in [-0.4, -0.2) is 36.9 Å². The molecule has 1 aliphatic heterocycles. The first-order valence-electron chi connectivity index (χ1n) is 5.73. The second-order valence-corrected chi connectivity index (χ2v) is 5.27. The Morgan fingerprint density at radius 2 is 2.47 bits per heavy atom. The minimum atomic E-state index is 0.0210. The number of aromatic nitrogens is 1. The molecule has 0 aromatic carbocycles. The fraction of sp³-hybridized carbons (Fsp3) is 0.583. The molecule has 17 heavy (non-hydrogen) atoms. The molecule has 2 heterocycles. The lowest BCUT2D eigenvalue weighted by molar-refractivity contribution is 0.161. The van der Waals surface area contributed by atoms with Crippen LogP contribution in [0.1, 0.15) is 12.0 Å². The van der Waals surface area contributed by atoms with Gasteiger partial charge in [-0.1, -0.05) is 0 Å². The van der Waals surface area contributed by atoms with Gasteiger partial charge in [-0.05, 0) is 28.4 Å². The molecule has 4 nitrogen and oxygen atoms in total. The largest absolute Gasteiger partial charge is 0.392 e. The van der Waals surface area contributed by atoms with Crippen LogP contribution < -0.4 is 4.90 Å². The van der Waals surface area contributed by atoms with E-state index in [9.17, 15) is 5.11 Å². The van der Waals surface area contributed by atoms with Crippen LogP contribution in [0.25, 0.3) is 0 Å². The predicted octanol–water partition coefficient (Wildman–Crippen LogP) is 1.81. The monoisotopic (exact) mass is 300 g/mol. The second kappa shape index (κ2) is 5.80. The summed E-state index contributed by atoms with van der Waals surface area (Å²) < 4.78 is 6.08. The van der Waals surface area contributed by atoms with Crippen molar-refractivity contribution < 1.29 is 9.84 Å². The molecule has 94 valence electrons. The highest BCUT2D eigenvalue weighted by Crippen LogP contribution is 2.27. The van der Waals surface area contributed by atoms with Crippen molar-refractivity contribution >= 4 is 21.7 Å². The molecule has 1 atom stereocenters. The van der Waals surface area contributed by atoms with Crippen molar-refractivity contribution in [3.8, 4) is 0 Å². The van der Waals surface area contributed by atoms with Gasteiger partial charge >= 0.3 is 0 Å². The van der Waals surface area contributed by atoms with Gasteiger partial charge in [-0.15, -0.1) is 0 Å². The van der Waals surface area contributed by atoms with Crippen molar-refractivity contribution in [1.29, 1.82) is 0 Å². The highest BCUT2D eigenvalue weighted by molar-refractivity contribution is 9.10. The van der Waals surface area contributed by atoms with E-state index in [1.165, 1.54) is 0 Å². The highest BCUT2D eigenvalue weighted by Gasteiger charge is 2.24. The van der Waals surface area contributed by atoms with Crippen LogP contribution in [0, 0.1) is 5.92 Å². The summed E-state index contributed by atoms with van der Waals surface area (Å²) >= 11 is 3.37. The fourth-order valence-electron chi connectivity index (χ4n) is 2.27. The van der Waals surface area contributed by atoms with E-state index in [2.05, 4.69) is 25.8 Å². The van der Waals surface area contributed by atoms with Gasteiger partial charge in [-0.3, -0.25) is 0 Å². The maximum absolute atomic E-state index is 9.36. The Bertz CT molecular complexity index is 387. The molecule has 5 heteroatoms. The van der Waals surface area contributed by atoms with E-state index >= 15 is 0 Å². The van der Waals surface area contributed by atoms with Crippen molar-refractivity contribution in [1.82, 2.24) is 4.98 Å². The van der Waals surface area contributed by atoms with Crippen LogP contribution in [0.5, 0.6) is 0 Å². The molecule has 2 rings (SSSR count). The van der Waals surface area contributed by atoms with E-state index in [-0.39, 0.29) is 6.61 Å². The van der Waals surface area contributed by atoms with E-state index < -0.39 is 0 Å². The zero-order valence-corrected chi connectivity index (χ0v) is 11.5. The second-order valence-electron chi connectivity index (χ2n) is 4.35. The lowest BCUT2D eigenvalue weighted by Crippen LogP contribution is -2.23. The van der Waals surface area contributed by atoms with Gasteiger partial charge < -0.3 is 14.7 Å². The van der Waals surface area contributed by atoms with Crippen molar-refractivity contribution in [2.75, 3.05) is 31.7 Å². The predicted molar refractivity (Wildman–Crippen MR) is 70.1 cm³/mol. The summed E-state index contributed by atoms with van der Waals surface area (Å²) in [4.78, 5) is 6.63. The number of aliphatic hydroxyl groups excluding tert-OH is 1. The molecule has 1 N–H and O–H groups in total. The number of nitrogens with zero attached hydrogens (tertiary/aromatic N) is 2. The first-order valence-corrected chi connectivity index (χ1v) is 6.53. The molecule has 0 spiro atoms. The van der Waals surface area contributed by atoms with Crippen LogP contribution in [0.15, 0.2) is 16.7 Å². The highest BCUT2D eigenvalue weighted by atomic mass is 79.9. The van der Waals surface area contributed by atoms with Gasteiger partial charge in [-0.25, -0.2) is 4.98 Å². The Hall–Kier alpha value is -0.650. The van der Waals surface area contributed by atoms with Crippen molar-refractivity contribution in [2.24, 2.45) is 5.92 Å². The van der Waals surface area contributed by atoms with E-state index in [1.807, 2.05) is 6.07 Å². The molecule has 0 aliphatic carbocycles. The molecular formula is C12H17BrN2O2. The molecule has 0 radical (unpaired) electrons. The zero-order valence-electron chi connectivity index (χ0n) is 9.90. The summed E-state index contributed by atoms with van der Waals surface area (Å²) in [5.74, 6) is 1.46. The van der Waals surface area contributed by atoms with Gasteiger partial charge in [0, 0.05) is 42.4 Å². The van der Waals surface area contributed by atoms with Gasteiger partial charge in [0.2, 0.25) is 0 Å². The number of hydrogen-bond donors (Lipinski definition) is 1. The number of methoxy groups -OCH3 is 1. The van der Waals surface area contributed by atoms with Crippen LogP contribution in [0.2, 0.25) is 0 Å². The van der Waals surface area contributed by atoms with Crippen LogP contribution in [-0.2, 0) is 11.3 Å². The molecule has 1 aromatic heterocycles. The summed E-state index contributed by atoms with van der Waals surface area (Å²) in [6.07, 6.45) is 2.90. The third kappa shape index (κ3) is 2.97. The third-order valence-electron chi connectivity index (χ3n) is 3.07. The topological polar surface area (TPSA) is 45.6 Å². The summed E-state index contributed by atoms with van der Waals surface area (Å²) in [5.41, 5.74) is 0.873. The lowest BCUT2D eigenvalue weighted by Gasteiger charge is -2.20. The molecule has 1 saturated heterocycles. The molecule has 0 bridgehead atoms. The Morgan fingerprint density at radius 1 is 1.65 bits per heavy atom. The first-order chi connectivity index (χ1) is 8.24. The van der Waals surface area contributed by atoms with Gasteiger partial charge in [0.25, 0.3) is 0 Å². The fourth-order valence-corrected chi connectivity index (χ4v) is 2.65. The Labute approximate surface area is 110 Å². The summed E-state index contributed by atoms with van der Waals surface area (Å²) in [6.45, 7) is 2.75. The van der Waals surface area contributed by atoms with Gasteiger partial charge in [0.1, 0.15) is 5.82 Å². The normalized spacial score (nSPS) is 19.9. The van der Waals surface area contributed by atoms with E-state index in [4.69, 9.17) is 4.74 Å². The standard InChI is InChI=1S/C12H17BrN2O2/c1-17-8-9-2-3-15(6-9)12-10(7-16)4-11(13)5-14-12/h4-5,9,16H,2-3,6-8H2,1H3. The average Bonchev–Trinajstić information content (AvgIpc) is 2.78. The molecule has 0 amide bonds. The Morgan fingerprint density at radius 3 is 3.18 bits per heavy atom. The number of hydrogen-bond acceptors (Lipinski definition) is 4. The quantitative estimate of drug-likeness (QED) is 0.921. The van der Waals surface area contributed by atoms with Crippen LogP contribution in [0.4, 0.5) is 5.82 Å². The van der Waals surface area contributed by atoms with Crippen molar-refractivity contribution in [3.63, 3.8) is 0 Å². The molecule has 1 aliphatic rings. The number of pyridine rings is 1. The van der Waals surface area contributed by atoms with E-state index in [1.54, 1.807) is 13.3 Å². The number of halogens is 1. The SMILES string of the molecule is COCC1CCN(c2ncc(Br)cc2CO)C1. The minimum Gasteiger partial charge on any atom is -0.392 e. The molecule has 0 saturated carbocycles. The van der Waals surface area contributed by atoms with Crippen molar-refractivity contribution in [2.45, 2.75) is 13.0 Å². The summed E-state index contributed by atoms with van der Waals surface area (Å²) in [5, 5.41) is 9.36. The maximum atomic E-state index is 9.36. The van der Waals surface area contributed by atoms with E-state index in [0.717, 1.165) is 42.0 Å². The van der Waals surface area contributed by atoms with Gasteiger partial charge in [0.15, 0.2) is 0 Å². The lowest BCUT2D eigenvalue weighted by atomic mass is 10.1. The summed E-state index contributed by atoms with van der Waals surface area (Å²) in [7, 11) is 1.74. The third-order valence-corrected chi connectivity index (χ3v) is 3.50. The number of ether oxygens (including phenoxy) is 1. The van der Waals surface area contributed by atoms with Gasteiger partial charge in [-0.2, -0.15) is 0 Å². The Kier molecular flexibility index (Phi) is 4.36. The molecule has 1 aromatic rings. The molecule has 1 unspecified atom stereocenters. The van der Waals surface area contributed by atoms with Gasteiger partial charge in [0.05, 0.1) is 13.2 Å². The molecular weight excluding hydrogens is 284 g/mol. The van der Waals surface area contributed by atoms with Crippen molar-refractivity contribution in [3.05, 3.63) is 22.3 Å². The summed E-state index contributed by atoms with van der Waals surface area (Å²) in [6, 6.07) is 1.92. The van der Waals surface area contributed by atoms with Crippen LogP contribution in [0.3, 0.4) is 0 Å². The minimum absolute atomic E-state index is 0.0210. The smallest absolute Gasteiger partial charge is 0.134 e. The first kappa shape index (κ1) is 12.8. The Balaban J connectivity index is 2.12. The number of aliphatic hydroxyl groups is 1.